The van der Waals surface area contributed by atoms with Crippen molar-refractivity contribution in [1.82, 2.24) is 0 Å². The van der Waals surface area contributed by atoms with Crippen LogP contribution < -0.4 is 4.90 Å². The lowest BCUT2D eigenvalue weighted by molar-refractivity contribution is -0.870. The van der Waals surface area contributed by atoms with Crippen molar-refractivity contribution in [2.45, 2.75) is 19.4 Å². The van der Waals surface area contributed by atoms with Crippen molar-refractivity contribution in [2.24, 2.45) is 0 Å². The molecule has 0 amide bonds. The molecule has 0 saturated carbocycles. The van der Waals surface area contributed by atoms with Crippen LogP contribution in [0.2, 0.25) is 0 Å². The van der Waals surface area contributed by atoms with E-state index in [4.69, 9.17) is 0 Å². The van der Waals surface area contributed by atoms with Crippen LogP contribution in [0, 0.1) is 0 Å². The molecule has 1 aliphatic heterocycles. The van der Waals surface area contributed by atoms with Crippen LogP contribution in [0.25, 0.3) is 0 Å². The Morgan fingerprint density at radius 2 is 1.50 bits per heavy atom. The van der Waals surface area contributed by atoms with E-state index in [1.807, 2.05) is 0 Å². The predicted octanol–water partition coefficient (Wildman–Crippen LogP) is 3.69. The third kappa shape index (κ3) is 3.50. The first-order chi connectivity index (χ1) is 10.5. The number of hydrogen-bond acceptors (Lipinski definition) is 1. The van der Waals surface area contributed by atoms with Gasteiger partial charge in [-0.05, 0) is 29.2 Å². The quantitative estimate of drug-likeness (QED) is 0.778. The van der Waals surface area contributed by atoms with Gasteiger partial charge in [-0.25, -0.2) is 0 Å². The summed E-state index contributed by atoms with van der Waals surface area (Å²) in [7, 11) is 6.81. The summed E-state index contributed by atoms with van der Waals surface area (Å²) in [5.41, 5.74) is 5.82. The first kappa shape index (κ1) is 15.1. The second kappa shape index (κ2) is 6.13. The summed E-state index contributed by atoms with van der Waals surface area (Å²) >= 11 is 0. The lowest BCUT2D eigenvalue weighted by atomic mass is 10.0. The van der Waals surface area contributed by atoms with Crippen molar-refractivity contribution < 1.29 is 4.48 Å². The smallest absolute Gasteiger partial charge is 0.0797 e. The number of fused-ring (bicyclic) bond motifs is 2. The molecule has 0 spiro atoms. The minimum Gasteiger partial charge on any atom is -0.367 e. The molecule has 0 fully saturated rings. The molecular weight excluding hydrogens is 268 g/mol. The normalized spacial score (nSPS) is 14.2. The van der Waals surface area contributed by atoms with Crippen molar-refractivity contribution in [3.63, 3.8) is 0 Å². The average Bonchev–Trinajstić information content (AvgIpc) is 2.62. The highest BCUT2D eigenvalue weighted by Crippen LogP contribution is 2.30. The maximum Gasteiger partial charge on any atom is 0.0797 e. The SMILES string of the molecule is C[N+](C)(C)CCCN1Cc2ccccc2Cc2ccccc21. The number of hydrogen-bond donors (Lipinski definition) is 0. The highest BCUT2D eigenvalue weighted by Gasteiger charge is 2.19. The van der Waals surface area contributed by atoms with Gasteiger partial charge in [-0.2, -0.15) is 0 Å². The van der Waals surface area contributed by atoms with Crippen LogP contribution in [0.4, 0.5) is 5.69 Å². The molecule has 0 radical (unpaired) electrons. The molecule has 2 aromatic carbocycles. The predicted molar refractivity (Wildman–Crippen MR) is 94.3 cm³/mol. The number of benzene rings is 2. The topological polar surface area (TPSA) is 3.24 Å². The van der Waals surface area contributed by atoms with Crippen molar-refractivity contribution >= 4 is 5.69 Å². The summed E-state index contributed by atoms with van der Waals surface area (Å²) in [5, 5.41) is 0. The zero-order chi connectivity index (χ0) is 15.6. The van der Waals surface area contributed by atoms with E-state index in [0.29, 0.717) is 0 Å². The number of anilines is 1. The van der Waals surface area contributed by atoms with Crippen LogP contribution in [-0.4, -0.2) is 38.7 Å². The fraction of sp³-hybridized carbons (Fsp3) is 0.400. The van der Waals surface area contributed by atoms with E-state index < -0.39 is 0 Å². The third-order valence-electron chi connectivity index (χ3n) is 4.45. The minimum atomic E-state index is 1.03. The average molecular weight is 295 g/mol. The molecule has 116 valence electrons. The van der Waals surface area contributed by atoms with E-state index in [-0.39, 0.29) is 0 Å². The van der Waals surface area contributed by atoms with Crippen LogP contribution in [0.5, 0.6) is 0 Å². The summed E-state index contributed by atoms with van der Waals surface area (Å²) in [6, 6.07) is 17.8. The molecule has 2 heteroatoms. The molecule has 1 aliphatic rings. The molecule has 0 aromatic heterocycles. The van der Waals surface area contributed by atoms with E-state index in [9.17, 15) is 0 Å². The van der Waals surface area contributed by atoms with Crippen LogP contribution >= 0.6 is 0 Å². The number of para-hydroxylation sites is 1. The Bertz CT molecular complexity index is 640. The molecule has 1 heterocycles. The van der Waals surface area contributed by atoms with E-state index in [2.05, 4.69) is 74.6 Å². The van der Waals surface area contributed by atoms with Gasteiger partial charge in [0.25, 0.3) is 0 Å². The largest absolute Gasteiger partial charge is 0.367 e. The Kier molecular flexibility index (Phi) is 4.21. The maximum atomic E-state index is 2.57. The minimum absolute atomic E-state index is 1.03. The molecule has 0 unspecified atom stereocenters. The van der Waals surface area contributed by atoms with Gasteiger partial charge in [-0.15, -0.1) is 0 Å². The van der Waals surface area contributed by atoms with Gasteiger partial charge in [0.1, 0.15) is 0 Å². The Morgan fingerprint density at radius 3 is 2.23 bits per heavy atom. The number of nitrogens with zero attached hydrogens (tertiary/aromatic N) is 2. The molecule has 0 N–H and O–H groups in total. The molecule has 22 heavy (non-hydrogen) atoms. The Labute approximate surface area is 134 Å². The fourth-order valence-electron chi connectivity index (χ4n) is 3.28. The maximum absolute atomic E-state index is 2.57. The van der Waals surface area contributed by atoms with Gasteiger partial charge in [0.05, 0.1) is 27.7 Å². The van der Waals surface area contributed by atoms with Gasteiger partial charge >= 0.3 is 0 Å². The van der Waals surface area contributed by atoms with Gasteiger partial charge in [0.2, 0.25) is 0 Å². The summed E-state index contributed by atoms with van der Waals surface area (Å²) in [6.07, 6.45) is 2.28. The highest BCUT2D eigenvalue weighted by molar-refractivity contribution is 5.58. The first-order valence-corrected chi connectivity index (χ1v) is 8.23. The zero-order valence-corrected chi connectivity index (χ0v) is 14.0. The summed E-state index contributed by atoms with van der Waals surface area (Å²) in [5.74, 6) is 0. The van der Waals surface area contributed by atoms with E-state index in [0.717, 1.165) is 24.0 Å². The highest BCUT2D eigenvalue weighted by atomic mass is 15.3. The van der Waals surface area contributed by atoms with Crippen molar-refractivity contribution in [3.8, 4) is 0 Å². The number of quaternary nitrogens is 1. The zero-order valence-electron chi connectivity index (χ0n) is 14.0. The summed E-state index contributed by atoms with van der Waals surface area (Å²) < 4.78 is 1.03. The van der Waals surface area contributed by atoms with Gasteiger partial charge in [0.15, 0.2) is 0 Å². The molecule has 0 saturated heterocycles. The van der Waals surface area contributed by atoms with Gasteiger partial charge < -0.3 is 9.38 Å². The molecule has 2 nitrogen and oxygen atoms in total. The summed E-state index contributed by atoms with van der Waals surface area (Å²) in [6.45, 7) is 3.37. The van der Waals surface area contributed by atoms with E-state index in [1.54, 1.807) is 0 Å². The first-order valence-electron chi connectivity index (χ1n) is 8.23. The third-order valence-corrected chi connectivity index (χ3v) is 4.45. The molecule has 2 aromatic rings. The monoisotopic (exact) mass is 295 g/mol. The van der Waals surface area contributed by atoms with Crippen molar-refractivity contribution in [3.05, 3.63) is 65.2 Å². The summed E-state index contributed by atoms with van der Waals surface area (Å²) in [4.78, 5) is 2.57. The molecule has 0 bridgehead atoms. The van der Waals surface area contributed by atoms with Crippen LogP contribution in [0.1, 0.15) is 23.1 Å². The van der Waals surface area contributed by atoms with Gasteiger partial charge in [-0.1, -0.05) is 42.5 Å². The standard InChI is InChI=1S/C20H27N2/c1-22(2,3)14-8-13-21-16-19-11-5-4-9-17(19)15-18-10-6-7-12-20(18)21/h4-7,9-12H,8,13-16H2,1-3H3/q+1. The van der Waals surface area contributed by atoms with E-state index in [1.165, 1.54) is 35.3 Å². The molecule has 0 aliphatic carbocycles. The second-order valence-corrected chi connectivity index (χ2v) is 7.36. The molecular formula is C20H27N2+. The molecule has 0 atom stereocenters. The van der Waals surface area contributed by atoms with Gasteiger partial charge in [0, 0.05) is 25.2 Å². The van der Waals surface area contributed by atoms with Gasteiger partial charge in [-0.3, -0.25) is 0 Å². The Morgan fingerprint density at radius 1 is 0.864 bits per heavy atom. The van der Waals surface area contributed by atoms with Crippen LogP contribution in [0.3, 0.4) is 0 Å². The second-order valence-electron chi connectivity index (χ2n) is 7.36. The Hall–Kier alpha value is -1.80. The van der Waals surface area contributed by atoms with Crippen LogP contribution in [-0.2, 0) is 13.0 Å². The van der Waals surface area contributed by atoms with Crippen molar-refractivity contribution in [1.29, 1.82) is 0 Å². The molecule has 3 rings (SSSR count). The fourth-order valence-corrected chi connectivity index (χ4v) is 3.28. The lowest BCUT2D eigenvalue weighted by Crippen LogP contribution is -2.37. The Balaban J connectivity index is 1.85. The number of rotatable bonds is 4. The van der Waals surface area contributed by atoms with Crippen LogP contribution in [0.15, 0.2) is 48.5 Å². The van der Waals surface area contributed by atoms with E-state index >= 15 is 0 Å². The van der Waals surface area contributed by atoms with Crippen molar-refractivity contribution in [2.75, 3.05) is 39.1 Å². The lowest BCUT2D eigenvalue weighted by Gasteiger charge is -2.28.